The van der Waals surface area contributed by atoms with Gasteiger partial charge < -0.3 is 10.4 Å². The first-order chi connectivity index (χ1) is 5.62. The average Bonchev–Trinajstić information content (AvgIpc) is 2.25. The van der Waals surface area contributed by atoms with Crippen molar-refractivity contribution in [1.82, 2.24) is 15.1 Å². The second kappa shape index (κ2) is 2.31. The molecule has 0 saturated carbocycles. The third-order valence-corrected chi connectivity index (χ3v) is 2.31. The summed E-state index contributed by atoms with van der Waals surface area (Å²) in [4.78, 5) is 0. The van der Waals surface area contributed by atoms with E-state index in [1.165, 1.54) is 0 Å². The Balaban J connectivity index is 2.38. The standard InChI is InChI=1S/C8H13N3O/c1-6-3-7(11(2)10-6)8(12)4-9-5-8/h3,9,12H,4-5H2,1-2H3. The number of aromatic nitrogens is 2. The fourth-order valence-corrected chi connectivity index (χ4v) is 1.59. The van der Waals surface area contributed by atoms with Crippen LogP contribution in [0.3, 0.4) is 0 Å². The van der Waals surface area contributed by atoms with Crippen molar-refractivity contribution < 1.29 is 5.11 Å². The van der Waals surface area contributed by atoms with E-state index in [2.05, 4.69) is 10.4 Å². The molecular formula is C8H13N3O. The normalized spacial score (nSPS) is 20.6. The van der Waals surface area contributed by atoms with Gasteiger partial charge in [-0.1, -0.05) is 0 Å². The molecule has 0 spiro atoms. The molecule has 1 saturated heterocycles. The molecule has 0 aromatic carbocycles. The largest absolute Gasteiger partial charge is 0.381 e. The summed E-state index contributed by atoms with van der Waals surface area (Å²) in [7, 11) is 1.86. The van der Waals surface area contributed by atoms with Crippen molar-refractivity contribution >= 4 is 0 Å². The zero-order chi connectivity index (χ0) is 8.77. The van der Waals surface area contributed by atoms with Crippen LogP contribution in [0.5, 0.6) is 0 Å². The number of β-amino-alcohol motifs (C(OH)–C–C–N with tert-alkyl or cyclic N) is 1. The van der Waals surface area contributed by atoms with Gasteiger partial charge in [-0.15, -0.1) is 0 Å². The van der Waals surface area contributed by atoms with E-state index in [1.54, 1.807) is 4.68 Å². The van der Waals surface area contributed by atoms with Crippen LogP contribution in [0.1, 0.15) is 11.4 Å². The monoisotopic (exact) mass is 167 g/mol. The molecule has 2 N–H and O–H groups in total. The first-order valence-corrected chi connectivity index (χ1v) is 4.06. The molecule has 0 radical (unpaired) electrons. The lowest BCUT2D eigenvalue weighted by atomic mass is 9.93. The van der Waals surface area contributed by atoms with Gasteiger partial charge in [0.05, 0.1) is 11.4 Å². The molecule has 1 aromatic rings. The number of hydrogen-bond donors (Lipinski definition) is 2. The van der Waals surface area contributed by atoms with Gasteiger partial charge in [-0.3, -0.25) is 4.68 Å². The molecule has 0 bridgehead atoms. The van der Waals surface area contributed by atoms with Gasteiger partial charge in [0.25, 0.3) is 0 Å². The van der Waals surface area contributed by atoms with E-state index in [9.17, 15) is 5.11 Å². The highest BCUT2D eigenvalue weighted by atomic mass is 16.3. The quantitative estimate of drug-likeness (QED) is 0.594. The van der Waals surface area contributed by atoms with E-state index in [4.69, 9.17) is 0 Å². The summed E-state index contributed by atoms with van der Waals surface area (Å²) in [5, 5.41) is 17.2. The minimum atomic E-state index is -0.685. The molecule has 0 aliphatic carbocycles. The third-order valence-electron chi connectivity index (χ3n) is 2.31. The van der Waals surface area contributed by atoms with Crippen molar-refractivity contribution in [2.45, 2.75) is 12.5 Å². The summed E-state index contributed by atoms with van der Waals surface area (Å²) in [6, 6.07) is 1.93. The van der Waals surface area contributed by atoms with Crippen LogP contribution in [-0.2, 0) is 12.6 Å². The van der Waals surface area contributed by atoms with Crippen LogP contribution < -0.4 is 5.32 Å². The summed E-state index contributed by atoms with van der Waals surface area (Å²) in [6.07, 6.45) is 0. The molecule has 0 unspecified atom stereocenters. The first kappa shape index (κ1) is 7.76. The van der Waals surface area contributed by atoms with Crippen LogP contribution >= 0.6 is 0 Å². The highest BCUT2D eigenvalue weighted by Gasteiger charge is 2.38. The van der Waals surface area contributed by atoms with Gasteiger partial charge >= 0.3 is 0 Å². The smallest absolute Gasteiger partial charge is 0.131 e. The van der Waals surface area contributed by atoms with E-state index >= 15 is 0 Å². The van der Waals surface area contributed by atoms with E-state index < -0.39 is 5.60 Å². The highest BCUT2D eigenvalue weighted by Crippen LogP contribution is 2.24. The number of rotatable bonds is 1. The first-order valence-electron chi connectivity index (χ1n) is 4.06. The highest BCUT2D eigenvalue weighted by molar-refractivity contribution is 5.20. The molecule has 1 aromatic heterocycles. The molecule has 4 heteroatoms. The molecule has 2 heterocycles. The lowest BCUT2D eigenvalue weighted by Gasteiger charge is -2.37. The Bertz CT molecular complexity index is 301. The molecule has 0 amide bonds. The van der Waals surface area contributed by atoms with E-state index in [-0.39, 0.29) is 0 Å². The van der Waals surface area contributed by atoms with Gasteiger partial charge in [0.1, 0.15) is 5.60 Å². The van der Waals surface area contributed by atoms with Crippen molar-refractivity contribution in [3.63, 3.8) is 0 Å². The molecule has 12 heavy (non-hydrogen) atoms. The molecule has 4 nitrogen and oxygen atoms in total. The third kappa shape index (κ3) is 0.956. The molecular weight excluding hydrogens is 154 g/mol. The SMILES string of the molecule is Cc1cc(C2(O)CNC2)n(C)n1. The minimum Gasteiger partial charge on any atom is -0.381 e. The second-order valence-corrected chi connectivity index (χ2v) is 3.43. The maximum Gasteiger partial charge on any atom is 0.131 e. The van der Waals surface area contributed by atoms with Gasteiger partial charge in [0.2, 0.25) is 0 Å². The van der Waals surface area contributed by atoms with E-state index in [1.807, 2.05) is 20.0 Å². The van der Waals surface area contributed by atoms with Crippen LogP contribution in [0.25, 0.3) is 0 Å². The van der Waals surface area contributed by atoms with Crippen LogP contribution in [-0.4, -0.2) is 28.0 Å². The Kier molecular flexibility index (Phi) is 1.49. The van der Waals surface area contributed by atoms with Gasteiger partial charge in [-0.25, -0.2) is 0 Å². The summed E-state index contributed by atoms with van der Waals surface area (Å²) in [5.41, 5.74) is 1.17. The number of aliphatic hydroxyl groups is 1. The van der Waals surface area contributed by atoms with Crippen molar-refractivity contribution in [3.05, 3.63) is 17.5 Å². The van der Waals surface area contributed by atoms with Crippen molar-refractivity contribution in [2.75, 3.05) is 13.1 Å². The number of aryl methyl sites for hydroxylation is 2. The maximum absolute atomic E-state index is 9.95. The fourth-order valence-electron chi connectivity index (χ4n) is 1.59. The molecule has 1 aliphatic heterocycles. The predicted octanol–water partition coefficient (Wildman–Crippen LogP) is -0.481. The molecule has 2 rings (SSSR count). The van der Waals surface area contributed by atoms with Crippen molar-refractivity contribution in [1.29, 1.82) is 0 Å². The molecule has 0 atom stereocenters. The Morgan fingerprint density at radius 2 is 2.33 bits per heavy atom. The van der Waals surface area contributed by atoms with Crippen LogP contribution in [0.2, 0.25) is 0 Å². The van der Waals surface area contributed by atoms with E-state index in [0.717, 1.165) is 11.4 Å². The van der Waals surface area contributed by atoms with Crippen LogP contribution in [0, 0.1) is 6.92 Å². The Hall–Kier alpha value is -0.870. The molecule has 1 fully saturated rings. The number of hydrogen-bond acceptors (Lipinski definition) is 3. The minimum absolute atomic E-state index is 0.631. The maximum atomic E-state index is 9.95. The van der Waals surface area contributed by atoms with Crippen LogP contribution in [0.4, 0.5) is 0 Å². The van der Waals surface area contributed by atoms with Gasteiger partial charge in [0, 0.05) is 20.1 Å². The van der Waals surface area contributed by atoms with E-state index in [0.29, 0.717) is 13.1 Å². The number of nitrogens with one attached hydrogen (secondary N) is 1. The zero-order valence-corrected chi connectivity index (χ0v) is 7.33. The van der Waals surface area contributed by atoms with Gasteiger partial charge in [-0.05, 0) is 13.0 Å². The zero-order valence-electron chi connectivity index (χ0n) is 7.33. The fraction of sp³-hybridized carbons (Fsp3) is 0.625. The number of nitrogens with zero attached hydrogens (tertiary/aromatic N) is 2. The Morgan fingerprint density at radius 3 is 2.67 bits per heavy atom. The summed E-state index contributed by atoms with van der Waals surface area (Å²) in [6.45, 7) is 3.19. The molecule has 1 aliphatic rings. The van der Waals surface area contributed by atoms with Gasteiger partial charge in [0.15, 0.2) is 0 Å². The second-order valence-electron chi connectivity index (χ2n) is 3.43. The summed E-state index contributed by atoms with van der Waals surface area (Å²) >= 11 is 0. The van der Waals surface area contributed by atoms with Crippen molar-refractivity contribution in [3.8, 4) is 0 Å². The molecule has 66 valence electrons. The predicted molar refractivity (Wildman–Crippen MR) is 44.7 cm³/mol. The lowest BCUT2D eigenvalue weighted by Crippen LogP contribution is -2.57. The van der Waals surface area contributed by atoms with Crippen molar-refractivity contribution in [2.24, 2.45) is 7.05 Å². The summed E-state index contributed by atoms with van der Waals surface area (Å²) in [5.74, 6) is 0. The topological polar surface area (TPSA) is 50.1 Å². The average molecular weight is 167 g/mol. The Labute approximate surface area is 71.2 Å². The Morgan fingerprint density at radius 1 is 1.67 bits per heavy atom. The summed E-state index contributed by atoms with van der Waals surface area (Å²) < 4.78 is 1.75. The lowest BCUT2D eigenvalue weighted by molar-refractivity contribution is -0.0217. The van der Waals surface area contributed by atoms with Crippen LogP contribution in [0.15, 0.2) is 6.07 Å². The van der Waals surface area contributed by atoms with Gasteiger partial charge in [-0.2, -0.15) is 5.10 Å².